The van der Waals surface area contributed by atoms with Crippen LogP contribution in [0.25, 0.3) is 0 Å². The molecule has 162 valence electrons. The summed E-state index contributed by atoms with van der Waals surface area (Å²) >= 11 is 0. The van der Waals surface area contributed by atoms with Gasteiger partial charge in [-0.05, 0) is 51.2 Å². The van der Waals surface area contributed by atoms with Crippen LogP contribution in [0.4, 0.5) is 0 Å². The summed E-state index contributed by atoms with van der Waals surface area (Å²) in [5, 5.41) is 1.59. The van der Waals surface area contributed by atoms with Crippen molar-refractivity contribution in [3.8, 4) is 0 Å². The van der Waals surface area contributed by atoms with Crippen molar-refractivity contribution in [2.24, 2.45) is 0 Å². The molecule has 0 saturated carbocycles. The molecule has 0 nitrogen and oxygen atoms in total. The third-order valence-electron chi connectivity index (χ3n) is 6.70. The van der Waals surface area contributed by atoms with Gasteiger partial charge < -0.3 is 0 Å². The maximum absolute atomic E-state index is 2.55. The third kappa shape index (κ3) is 4.80. The van der Waals surface area contributed by atoms with E-state index in [4.69, 9.17) is 0 Å². The van der Waals surface area contributed by atoms with Crippen molar-refractivity contribution in [2.45, 2.75) is 76.5 Å². The molecule has 0 N–H and O–H groups in total. The zero-order valence-corrected chi connectivity index (χ0v) is 20.9. The zero-order valence-electron chi connectivity index (χ0n) is 20.0. The van der Waals surface area contributed by atoms with Gasteiger partial charge in [0.25, 0.3) is 0 Å². The van der Waals surface area contributed by atoms with Gasteiger partial charge in [-0.3, -0.25) is 0 Å². The summed E-state index contributed by atoms with van der Waals surface area (Å²) < 4.78 is 0. The van der Waals surface area contributed by atoms with Crippen molar-refractivity contribution in [3.05, 3.63) is 101 Å². The highest BCUT2D eigenvalue weighted by Crippen LogP contribution is 2.69. The Morgan fingerprint density at radius 2 is 0.968 bits per heavy atom. The Morgan fingerprint density at radius 1 is 0.581 bits per heavy atom. The Labute approximate surface area is 190 Å². The van der Waals surface area contributed by atoms with Crippen LogP contribution in [-0.2, 0) is 10.8 Å². The summed E-state index contributed by atoms with van der Waals surface area (Å²) in [4.78, 5) is 0. The minimum atomic E-state index is -0.346. The predicted molar refractivity (Wildman–Crippen MR) is 138 cm³/mol. The molecule has 0 spiro atoms. The van der Waals surface area contributed by atoms with Crippen molar-refractivity contribution in [3.63, 3.8) is 0 Å². The highest BCUT2D eigenvalue weighted by atomic mass is 31.1. The lowest BCUT2D eigenvalue weighted by atomic mass is 9.81. The fraction of sp³-hybridized carbons (Fsp3) is 0.400. The monoisotopic (exact) mass is 428 g/mol. The molecular weight excluding hydrogens is 391 g/mol. The van der Waals surface area contributed by atoms with Gasteiger partial charge in [-0.25, -0.2) is 0 Å². The van der Waals surface area contributed by atoms with E-state index in [0.717, 1.165) is 0 Å². The Hall–Kier alpha value is -1.91. The second-order valence-corrected chi connectivity index (χ2v) is 13.7. The molecule has 0 aliphatic carbocycles. The Kier molecular flexibility index (Phi) is 6.15. The van der Waals surface area contributed by atoms with Crippen LogP contribution in [-0.4, -0.2) is 0 Å². The lowest BCUT2D eigenvalue weighted by Crippen LogP contribution is -2.21. The summed E-state index contributed by atoms with van der Waals surface area (Å²) in [5.41, 5.74) is 7.54. The normalized spacial score (nSPS) is 20.2. The van der Waals surface area contributed by atoms with E-state index in [1.54, 1.807) is 5.30 Å². The standard InChI is InChI=1S/C30H37P/c1-29(2,3)24-19-25(30(4,5)6)21-26(20-24)31-27(22-13-9-7-10-14-22)17-18-28(31)23-15-11-8-12-16-23/h7-16,19-21,27-28H,17-18H2,1-6H3/t27-,28-/m1/s1. The maximum Gasteiger partial charge on any atom is 0.00877 e. The molecule has 31 heavy (non-hydrogen) atoms. The fourth-order valence-corrected chi connectivity index (χ4v) is 8.37. The van der Waals surface area contributed by atoms with Crippen LogP contribution in [0.15, 0.2) is 78.9 Å². The topological polar surface area (TPSA) is 0 Å². The van der Waals surface area contributed by atoms with Gasteiger partial charge in [0.05, 0.1) is 0 Å². The molecule has 0 bridgehead atoms. The molecular formula is C30H37P. The fourth-order valence-electron chi connectivity index (χ4n) is 4.80. The molecule has 1 heteroatoms. The molecule has 0 unspecified atom stereocenters. The molecule has 0 radical (unpaired) electrons. The van der Waals surface area contributed by atoms with E-state index < -0.39 is 0 Å². The maximum atomic E-state index is 2.55. The lowest BCUT2D eigenvalue weighted by Gasteiger charge is -2.32. The average Bonchev–Trinajstić information content (AvgIpc) is 3.19. The highest BCUT2D eigenvalue weighted by molar-refractivity contribution is 7.66. The van der Waals surface area contributed by atoms with Crippen molar-refractivity contribution in [2.75, 3.05) is 0 Å². The van der Waals surface area contributed by atoms with Crippen LogP contribution < -0.4 is 5.30 Å². The van der Waals surface area contributed by atoms with Gasteiger partial charge in [-0.15, -0.1) is 0 Å². The summed E-state index contributed by atoms with van der Waals surface area (Å²) in [6.45, 7) is 14.1. The smallest absolute Gasteiger partial charge is 0.00877 e. The summed E-state index contributed by atoms with van der Waals surface area (Å²) in [5.74, 6) is 0. The molecule has 0 aromatic heterocycles. The average molecular weight is 429 g/mol. The number of hydrogen-bond acceptors (Lipinski definition) is 0. The lowest BCUT2D eigenvalue weighted by molar-refractivity contribution is 0.569. The Balaban J connectivity index is 1.89. The molecule has 3 aromatic rings. The van der Waals surface area contributed by atoms with E-state index in [0.29, 0.717) is 11.3 Å². The molecule has 2 atom stereocenters. The first-order chi connectivity index (χ1) is 14.6. The zero-order chi connectivity index (χ0) is 22.2. The second-order valence-electron chi connectivity index (χ2n) is 11.1. The van der Waals surface area contributed by atoms with E-state index in [-0.39, 0.29) is 18.8 Å². The molecule has 1 heterocycles. The number of benzene rings is 3. The number of hydrogen-bond donors (Lipinski definition) is 0. The molecule has 3 aromatic carbocycles. The second kappa shape index (κ2) is 8.55. The minimum absolute atomic E-state index is 0.148. The van der Waals surface area contributed by atoms with Gasteiger partial charge in [-0.1, -0.05) is 128 Å². The van der Waals surface area contributed by atoms with Gasteiger partial charge in [0.2, 0.25) is 0 Å². The minimum Gasteiger partial charge on any atom is -0.0622 e. The van der Waals surface area contributed by atoms with Crippen LogP contribution in [0.3, 0.4) is 0 Å². The van der Waals surface area contributed by atoms with E-state index in [9.17, 15) is 0 Å². The largest absolute Gasteiger partial charge is 0.0622 e. The summed E-state index contributed by atoms with van der Waals surface area (Å²) in [6.07, 6.45) is 2.56. The van der Waals surface area contributed by atoms with E-state index in [1.807, 2.05) is 0 Å². The highest BCUT2D eigenvalue weighted by Gasteiger charge is 2.39. The first-order valence-electron chi connectivity index (χ1n) is 11.7. The quantitative estimate of drug-likeness (QED) is 0.366. The van der Waals surface area contributed by atoms with Crippen molar-refractivity contribution in [1.82, 2.24) is 0 Å². The first kappa shape index (κ1) is 22.3. The van der Waals surface area contributed by atoms with Crippen molar-refractivity contribution < 1.29 is 0 Å². The molecule has 0 amide bonds. The van der Waals surface area contributed by atoms with E-state index in [2.05, 4.69) is 120 Å². The van der Waals surface area contributed by atoms with Gasteiger partial charge in [0, 0.05) is 11.3 Å². The van der Waals surface area contributed by atoms with Gasteiger partial charge >= 0.3 is 0 Å². The molecule has 1 aliphatic heterocycles. The summed E-state index contributed by atoms with van der Waals surface area (Å²) in [6, 6.07) is 30.1. The Morgan fingerprint density at radius 3 is 1.32 bits per heavy atom. The Bertz CT molecular complexity index is 926. The number of rotatable bonds is 3. The molecule has 1 aliphatic rings. The van der Waals surface area contributed by atoms with Crippen LogP contribution in [0, 0.1) is 0 Å². The van der Waals surface area contributed by atoms with Gasteiger partial charge in [0.15, 0.2) is 0 Å². The van der Waals surface area contributed by atoms with Gasteiger partial charge in [0.1, 0.15) is 0 Å². The van der Waals surface area contributed by atoms with Crippen LogP contribution in [0.5, 0.6) is 0 Å². The molecule has 1 saturated heterocycles. The van der Waals surface area contributed by atoms with E-state index >= 15 is 0 Å². The molecule has 4 rings (SSSR count). The van der Waals surface area contributed by atoms with Gasteiger partial charge in [-0.2, -0.15) is 0 Å². The van der Waals surface area contributed by atoms with E-state index in [1.165, 1.54) is 35.1 Å². The summed E-state index contributed by atoms with van der Waals surface area (Å²) in [7, 11) is -0.346. The first-order valence-corrected chi connectivity index (χ1v) is 13.2. The SMILES string of the molecule is CC(C)(C)c1cc(P2[C@@H](c3ccccc3)CC[C@@H]2c2ccccc2)cc(C(C)(C)C)c1. The van der Waals surface area contributed by atoms with Crippen LogP contribution in [0.2, 0.25) is 0 Å². The van der Waals surface area contributed by atoms with Crippen molar-refractivity contribution in [1.29, 1.82) is 0 Å². The predicted octanol–water partition coefficient (Wildman–Crippen LogP) is 8.67. The van der Waals surface area contributed by atoms with Crippen LogP contribution >= 0.6 is 7.92 Å². The molecule has 1 fully saturated rings. The van der Waals surface area contributed by atoms with Crippen LogP contribution in [0.1, 0.15) is 88.0 Å². The van der Waals surface area contributed by atoms with Crippen molar-refractivity contribution >= 4 is 13.2 Å². The third-order valence-corrected chi connectivity index (χ3v) is 10.0.